The minimum Gasteiger partial charge on any atom is -0.125 e. The van der Waals surface area contributed by atoms with Crippen LogP contribution in [0, 0.1) is 29.9 Å². The van der Waals surface area contributed by atoms with E-state index in [1.807, 2.05) is 0 Å². The standard InChI is InChI=1S/C41H54Si2/c1-27(2)42(28(3)4,29(5)6)20-18-34-16-17-35(19-21-43(30(7)8,31(9)10)32(11)12)41-26-39-24-37-22-33(13)14-15-36(37)23-38(39)25-40(34)41/h14-17,22-32H,1-13H3. The molecule has 0 amide bonds. The molecule has 226 valence electrons. The van der Waals surface area contributed by atoms with Crippen molar-refractivity contribution in [2.75, 3.05) is 0 Å². The SMILES string of the molecule is Cc1ccc2cc3cc4c(C#C[Si](C(C)C)(C(C)C)C(C)C)ccc(C#C[Si](C(C)C)(C(C)C)C(C)C)c4cc3cc2c1. The maximum absolute atomic E-state index is 4.01. The minimum atomic E-state index is -1.87. The van der Waals surface area contributed by atoms with Gasteiger partial charge in [0.2, 0.25) is 0 Å². The number of benzene rings is 4. The molecule has 43 heavy (non-hydrogen) atoms. The van der Waals surface area contributed by atoms with Gasteiger partial charge in [-0.15, -0.1) is 11.1 Å². The van der Waals surface area contributed by atoms with Gasteiger partial charge in [-0.1, -0.05) is 119 Å². The lowest BCUT2D eigenvalue weighted by molar-refractivity contribution is 0.838. The normalized spacial score (nSPS) is 12.7. The van der Waals surface area contributed by atoms with Crippen LogP contribution in [0.3, 0.4) is 0 Å². The molecule has 0 aliphatic carbocycles. The van der Waals surface area contributed by atoms with Crippen molar-refractivity contribution in [3.8, 4) is 22.9 Å². The van der Waals surface area contributed by atoms with Gasteiger partial charge in [-0.3, -0.25) is 0 Å². The highest BCUT2D eigenvalue weighted by Crippen LogP contribution is 2.42. The molecule has 0 aromatic heterocycles. The first-order chi connectivity index (χ1) is 20.1. The van der Waals surface area contributed by atoms with Gasteiger partial charge in [-0.2, -0.15) is 0 Å². The highest BCUT2D eigenvalue weighted by molar-refractivity contribution is 6.91. The summed E-state index contributed by atoms with van der Waals surface area (Å²) in [5.41, 5.74) is 15.2. The fraction of sp³-hybridized carbons (Fsp3) is 0.463. The van der Waals surface area contributed by atoms with E-state index in [0.717, 1.165) is 11.1 Å². The van der Waals surface area contributed by atoms with Crippen LogP contribution in [0.25, 0.3) is 32.3 Å². The summed E-state index contributed by atoms with van der Waals surface area (Å²) in [4.78, 5) is 0. The molecule has 4 rings (SSSR count). The maximum Gasteiger partial charge on any atom is 0.146 e. The minimum absolute atomic E-state index is 0.605. The molecule has 0 nitrogen and oxygen atoms in total. The lowest BCUT2D eigenvalue weighted by Crippen LogP contribution is -2.43. The highest BCUT2D eigenvalue weighted by atomic mass is 28.3. The van der Waals surface area contributed by atoms with Gasteiger partial charge in [0.05, 0.1) is 0 Å². The van der Waals surface area contributed by atoms with Crippen LogP contribution in [-0.4, -0.2) is 16.1 Å². The van der Waals surface area contributed by atoms with E-state index in [4.69, 9.17) is 0 Å². The summed E-state index contributed by atoms with van der Waals surface area (Å²) in [5, 5.41) is 7.60. The van der Waals surface area contributed by atoms with Gasteiger partial charge in [-0.25, -0.2) is 0 Å². The molecular weight excluding hydrogens is 549 g/mol. The largest absolute Gasteiger partial charge is 0.146 e. The predicted molar refractivity (Wildman–Crippen MR) is 200 cm³/mol. The molecule has 0 aliphatic heterocycles. The van der Waals surface area contributed by atoms with E-state index in [1.54, 1.807) is 0 Å². The smallest absolute Gasteiger partial charge is 0.125 e. The second-order valence-electron chi connectivity index (χ2n) is 14.9. The van der Waals surface area contributed by atoms with Crippen LogP contribution < -0.4 is 0 Å². The van der Waals surface area contributed by atoms with E-state index in [-0.39, 0.29) is 0 Å². The second kappa shape index (κ2) is 12.7. The van der Waals surface area contributed by atoms with Crippen LogP contribution in [0.5, 0.6) is 0 Å². The molecule has 2 heteroatoms. The fourth-order valence-corrected chi connectivity index (χ4v) is 18.8. The van der Waals surface area contributed by atoms with Gasteiger partial charge >= 0.3 is 0 Å². The predicted octanol–water partition coefficient (Wildman–Crippen LogP) is 12.6. The lowest BCUT2D eigenvalue weighted by Gasteiger charge is -2.38. The van der Waals surface area contributed by atoms with E-state index >= 15 is 0 Å². The van der Waals surface area contributed by atoms with Crippen LogP contribution >= 0.6 is 0 Å². The van der Waals surface area contributed by atoms with Crippen molar-refractivity contribution in [3.63, 3.8) is 0 Å². The Balaban J connectivity index is 2.07. The van der Waals surface area contributed by atoms with Crippen LogP contribution in [0.4, 0.5) is 0 Å². The van der Waals surface area contributed by atoms with Gasteiger partial charge in [0, 0.05) is 11.1 Å². The first-order valence-electron chi connectivity index (χ1n) is 16.6. The Morgan fingerprint density at radius 2 is 0.767 bits per heavy atom. The molecule has 0 aliphatic rings. The molecule has 4 aromatic rings. The molecule has 0 heterocycles. The van der Waals surface area contributed by atoms with E-state index < -0.39 is 16.1 Å². The Kier molecular flexibility index (Phi) is 9.76. The number of aryl methyl sites for hydroxylation is 1. The van der Waals surface area contributed by atoms with Crippen molar-refractivity contribution in [2.45, 2.75) is 123 Å². The molecule has 0 spiro atoms. The summed E-state index contributed by atoms with van der Waals surface area (Å²) in [6.45, 7) is 30.9. The molecule has 0 fully saturated rings. The summed E-state index contributed by atoms with van der Waals surface area (Å²) >= 11 is 0. The molecule has 0 N–H and O–H groups in total. The van der Waals surface area contributed by atoms with Crippen molar-refractivity contribution in [1.82, 2.24) is 0 Å². The lowest BCUT2D eigenvalue weighted by atomic mass is 9.94. The van der Waals surface area contributed by atoms with Crippen LogP contribution in [0.15, 0.2) is 54.6 Å². The molecule has 0 atom stereocenters. The van der Waals surface area contributed by atoms with Gasteiger partial charge < -0.3 is 0 Å². The van der Waals surface area contributed by atoms with Crippen LogP contribution in [-0.2, 0) is 0 Å². The van der Waals surface area contributed by atoms with E-state index in [9.17, 15) is 0 Å². The fourth-order valence-electron chi connectivity index (χ4n) is 8.40. The Labute approximate surface area is 265 Å². The third-order valence-corrected chi connectivity index (χ3v) is 23.2. The summed E-state index contributed by atoms with van der Waals surface area (Å²) in [7, 11) is -3.74. The average Bonchev–Trinajstić information content (AvgIpc) is 2.91. The van der Waals surface area contributed by atoms with Crippen LogP contribution in [0.2, 0.25) is 33.2 Å². The third-order valence-electron chi connectivity index (χ3n) is 10.6. The van der Waals surface area contributed by atoms with Crippen molar-refractivity contribution in [2.24, 2.45) is 0 Å². The molecule has 0 bridgehead atoms. The van der Waals surface area contributed by atoms with Gasteiger partial charge in [0.1, 0.15) is 16.1 Å². The third kappa shape index (κ3) is 5.99. The Morgan fingerprint density at radius 3 is 1.14 bits per heavy atom. The number of hydrogen-bond donors (Lipinski definition) is 0. The average molecular weight is 603 g/mol. The Hall–Kier alpha value is -2.79. The van der Waals surface area contributed by atoms with E-state index in [0.29, 0.717) is 33.2 Å². The number of hydrogen-bond acceptors (Lipinski definition) is 0. The molecule has 4 aromatic carbocycles. The molecule has 0 unspecified atom stereocenters. The highest BCUT2D eigenvalue weighted by Gasteiger charge is 2.42. The van der Waals surface area contributed by atoms with Gasteiger partial charge in [0.25, 0.3) is 0 Å². The molecular formula is C41H54Si2. The first-order valence-corrected chi connectivity index (χ1v) is 21.1. The maximum atomic E-state index is 4.01. The monoisotopic (exact) mass is 602 g/mol. The van der Waals surface area contributed by atoms with Crippen molar-refractivity contribution in [1.29, 1.82) is 0 Å². The van der Waals surface area contributed by atoms with Gasteiger partial charge in [0.15, 0.2) is 0 Å². The topological polar surface area (TPSA) is 0 Å². The second-order valence-corrected chi connectivity index (χ2v) is 26.1. The zero-order valence-corrected chi connectivity index (χ0v) is 31.2. The number of fused-ring (bicyclic) bond motifs is 3. The van der Waals surface area contributed by atoms with Crippen LogP contribution in [0.1, 0.15) is 99.8 Å². The summed E-state index contributed by atoms with van der Waals surface area (Å²) in [5.74, 6) is 7.62. The Bertz CT molecular complexity index is 1720. The van der Waals surface area contributed by atoms with Crippen molar-refractivity contribution in [3.05, 3.63) is 71.3 Å². The van der Waals surface area contributed by atoms with Gasteiger partial charge in [-0.05, 0) is 109 Å². The van der Waals surface area contributed by atoms with E-state index in [1.165, 1.54) is 37.9 Å². The number of rotatable bonds is 6. The first kappa shape index (κ1) is 33.1. The quantitative estimate of drug-likeness (QED) is 0.117. The zero-order valence-electron chi connectivity index (χ0n) is 29.2. The van der Waals surface area contributed by atoms with Crippen molar-refractivity contribution >= 4 is 48.5 Å². The summed E-state index contributed by atoms with van der Waals surface area (Å²) in [6, 6.07) is 20.8. The van der Waals surface area contributed by atoms with E-state index in [2.05, 4.69) is 168 Å². The van der Waals surface area contributed by atoms with Crippen molar-refractivity contribution < 1.29 is 0 Å². The molecule has 0 saturated carbocycles. The molecule has 0 saturated heterocycles. The summed E-state index contributed by atoms with van der Waals surface area (Å²) in [6.07, 6.45) is 0. The zero-order chi connectivity index (χ0) is 31.9. The molecule has 0 radical (unpaired) electrons. The Morgan fingerprint density at radius 1 is 0.419 bits per heavy atom. The summed E-state index contributed by atoms with van der Waals surface area (Å²) < 4.78 is 0.